The van der Waals surface area contributed by atoms with E-state index in [0.29, 0.717) is 0 Å². The van der Waals surface area contributed by atoms with Gasteiger partial charge in [-0.05, 0) is 11.5 Å². The summed E-state index contributed by atoms with van der Waals surface area (Å²) in [7, 11) is 0. The number of aromatic nitrogens is 3. The highest BCUT2D eigenvalue weighted by Crippen LogP contribution is 2.32. The lowest BCUT2D eigenvalue weighted by Gasteiger charge is -1.99. The summed E-state index contributed by atoms with van der Waals surface area (Å²) in [6.45, 7) is 0. The van der Waals surface area contributed by atoms with Crippen LogP contribution in [0.2, 0.25) is 0 Å². The van der Waals surface area contributed by atoms with Gasteiger partial charge in [0.05, 0.1) is 10.2 Å². The molecule has 0 bridgehead atoms. The number of nitrogens with zero attached hydrogens (tertiary/aromatic N) is 3. The third kappa shape index (κ3) is 1.61. The van der Waals surface area contributed by atoms with E-state index in [1.54, 1.807) is 11.3 Å². The van der Waals surface area contributed by atoms with Crippen molar-refractivity contribution in [1.29, 1.82) is 0 Å². The molecule has 0 unspecified atom stereocenters. The molecule has 0 amide bonds. The summed E-state index contributed by atoms with van der Waals surface area (Å²) in [4.78, 5) is 5.63. The van der Waals surface area contributed by atoms with E-state index in [2.05, 4.69) is 36.4 Å². The Morgan fingerprint density at radius 1 is 0.818 bits per heavy atom. The van der Waals surface area contributed by atoms with Gasteiger partial charge in [0, 0.05) is 10.9 Å². The van der Waals surface area contributed by atoms with Crippen LogP contribution in [0.4, 0.5) is 0 Å². The van der Waals surface area contributed by atoms with Crippen molar-refractivity contribution in [2.24, 2.45) is 0 Å². The number of rotatable bonds is 1. The van der Waals surface area contributed by atoms with Crippen molar-refractivity contribution in [2.45, 2.75) is 0 Å². The molecule has 0 aliphatic carbocycles. The predicted octanol–water partition coefficient (Wildman–Crippen LogP) is 4.76. The highest BCUT2D eigenvalue weighted by Gasteiger charge is 2.13. The zero-order valence-corrected chi connectivity index (χ0v) is 12.4. The first-order chi connectivity index (χ1) is 10.9. The largest absolute Gasteiger partial charge is 0.213 e. The molecule has 4 heteroatoms. The SMILES string of the molecule is c1ccc(-c2nc3sc4ccc5ccccc5c4n3n2)cc1. The molecular weight excluding hydrogens is 290 g/mol. The Hall–Kier alpha value is -2.72. The van der Waals surface area contributed by atoms with Crippen molar-refractivity contribution < 1.29 is 0 Å². The van der Waals surface area contributed by atoms with Gasteiger partial charge >= 0.3 is 0 Å². The Morgan fingerprint density at radius 3 is 2.55 bits per heavy atom. The summed E-state index contributed by atoms with van der Waals surface area (Å²) in [5, 5.41) is 7.18. The van der Waals surface area contributed by atoms with Crippen LogP contribution in [0.15, 0.2) is 66.7 Å². The number of fused-ring (bicyclic) bond motifs is 5. The number of benzene rings is 3. The Bertz CT molecular complexity index is 1120. The zero-order valence-electron chi connectivity index (χ0n) is 11.6. The Kier molecular flexibility index (Phi) is 2.37. The highest BCUT2D eigenvalue weighted by atomic mass is 32.1. The quantitative estimate of drug-likeness (QED) is 0.446. The van der Waals surface area contributed by atoms with Crippen molar-refractivity contribution in [3.63, 3.8) is 0 Å². The lowest BCUT2D eigenvalue weighted by Crippen LogP contribution is -1.86. The molecule has 0 saturated heterocycles. The van der Waals surface area contributed by atoms with Crippen LogP contribution in [0.25, 0.3) is 37.3 Å². The fourth-order valence-electron chi connectivity index (χ4n) is 2.85. The van der Waals surface area contributed by atoms with Gasteiger partial charge in [0.15, 0.2) is 5.82 Å². The Balaban J connectivity index is 1.88. The third-order valence-corrected chi connectivity index (χ3v) is 4.88. The van der Waals surface area contributed by atoms with Crippen molar-refractivity contribution in [3.05, 3.63) is 66.7 Å². The zero-order chi connectivity index (χ0) is 14.5. The van der Waals surface area contributed by atoms with E-state index in [9.17, 15) is 0 Å². The number of hydrogen-bond acceptors (Lipinski definition) is 3. The van der Waals surface area contributed by atoms with E-state index in [-0.39, 0.29) is 0 Å². The molecule has 0 aliphatic rings. The Labute approximate surface area is 130 Å². The first-order valence-corrected chi connectivity index (χ1v) is 7.94. The molecule has 0 N–H and O–H groups in total. The first kappa shape index (κ1) is 11.9. The summed E-state index contributed by atoms with van der Waals surface area (Å²) in [6, 6.07) is 22.8. The van der Waals surface area contributed by atoms with Crippen LogP contribution >= 0.6 is 11.3 Å². The summed E-state index contributed by atoms with van der Waals surface area (Å²) >= 11 is 1.68. The van der Waals surface area contributed by atoms with Crippen LogP contribution in [0.5, 0.6) is 0 Å². The van der Waals surface area contributed by atoms with Crippen molar-refractivity contribution in [2.75, 3.05) is 0 Å². The maximum atomic E-state index is 4.74. The molecular formula is C18H11N3S. The second kappa shape index (κ2) is 4.39. The fraction of sp³-hybridized carbons (Fsp3) is 0. The highest BCUT2D eigenvalue weighted by molar-refractivity contribution is 7.23. The lowest BCUT2D eigenvalue weighted by molar-refractivity contribution is 1.02. The minimum Gasteiger partial charge on any atom is -0.202 e. The molecule has 0 fully saturated rings. The van der Waals surface area contributed by atoms with Crippen LogP contribution in [-0.2, 0) is 0 Å². The third-order valence-electron chi connectivity index (χ3n) is 3.89. The topological polar surface area (TPSA) is 30.2 Å². The van der Waals surface area contributed by atoms with Crippen molar-refractivity contribution in [3.8, 4) is 11.4 Å². The average molecular weight is 301 g/mol. The van der Waals surface area contributed by atoms with E-state index in [0.717, 1.165) is 21.9 Å². The molecule has 5 aromatic rings. The molecule has 3 nitrogen and oxygen atoms in total. The van der Waals surface area contributed by atoms with Gasteiger partial charge in [-0.3, -0.25) is 0 Å². The van der Waals surface area contributed by atoms with Crippen molar-refractivity contribution >= 4 is 37.3 Å². The second-order valence-corrected chi connectivity index (χ2v) is 6.24. The predicted molar refractivity (Wildman–Crippen MR) is 91.3 cm³/mol. The number of thiazole rings is 1. The molecule has 2 aromatic heterocycles. The van der Waals surface area contributed by atoms with Crippen LogP contribution in [0, 0.1) is 0 Å². The van der Waals surface area contributed by atoms with Gasteiger partial charge in [-0.15, -0.1) is 5.10 Å². The molecule has 22 heavy (non-hydrogen) atoms. The molecule has 5 rings (SSSR count). The van der Waals surface area contributed by atoms with Crippen LogP contribution in [0.1, 0.15) is 0 Å². The maximum Gasteiger partial charge on any atom is 0.213 e. The maximum absolute atomic E-state index is 4.74. The number of hydrogen-bond donors (Lipinski definition) is 0. The molecule has 0 atom stereocenters. The fourth-order valence-corrected chi connectivity index (χ4v) is 3.83. The van der Waals surface area contributed by atoms with E-state index < -0.39 is 0 Å². The molecule has 104 valence electrons. The first-order valence-electron chi connectivity index (χ1n) is 7.12. The molecule has 0 radical (unpaired) electrons. The minimum absolute atomic E-state index is 0.779. The lowest BCUT2D eigenvalue weighted by atomic mass is 10.1. The second-order valence-electron chi connectivity index (χ2n) is 5.23. The van der Waals surface area contributed by atoms with Crippen LogP contribution < -0.4 is 0 Å². The van der Waals surface area contributed by atoms with E-state index in [4.69, 9.17) is 10.1 Å². The van der Waals surface area contributed by atoms with E-state index >= 15 is 0 Å². The normalized spacial score (nSPS) is 11.6. The smallest absolute Gasteiger partial charge is 0.202 e. The monoisotopic (exact) mass is 301 g/mol. The van der Waals surface area contributed by atoms with Gasteiger partial charge in [0.25, 0.3) is 0 Å². The summed E-state index contributed by atoms with van der Waals surface area (Å²) < 4.78 is 3.19. The van der Waals surface area contributed by atoms with Gasteiger partial charge < -0.3 is 0 Å². The van der Waals surface area contributed by atoms with Gasteiger partial charge in [-0.2, -0.15) is 4.98 Å². The van der Waals surface area contributed by atoms with Gasteiger partial charge in [0.1, 0.15) is 0 Å². The molecule has 0 spiro atoms. The summed E-state index contributed by atoms with van der Waals surface area (Å²) in [5.74, 6) is 0.779. The molecule has 3 aromatic carbocycles. The molecule has 0 aliphatic heterocycles. The van der Waals surface area contributed by atoms with E-state index in [1.165, 1.54) is 15.5 Å². The summed E-state index contributed by atoms with van der Waals surface area (Å²) in [5.41, 5.74) is 2.19. The van der Waals surface area contributed by atoms with Crippen LogP contribution in [0.3, 0.4) is 0 Å². The van der Waals surface area contributed by atoms with E-state index in [1.807, 2.05) is 34.8 Å². The van der Waals surface area contributed by atoms with Gasteiger partial charge in [-0.1, -0.05) is 72.0 Å². The summed E-state index contributed by atoms with van der Waals surface area (Å²) in [6.07, 6.45) is 0. The van der Waals surface area contributed by atoms with Gasteiger partial charge in [-0.25, -0.2) is 4.52 Å². The van der Waals surface area contributed by atoms with Gasteiger partial charge in [0.2, 0.25) is 4.96 Å². The minimum atomic E-state index is 0.779. The van der Waals surface area contributed by atoms with Crippen LogP contribution in [-0.4, -0.2) is 14.6 Å². The van der Waals surface area contributed by atoms with Crippen molar-refractivity contribution in [1.82, 2.24) is 14.6 Å². The average Bonchev–Trinajstić information content (AvgIpc) is 3.13. The molecule has 2 heterocycles. The molecule has 0 saturated carbocycles. The Morgan fingerprint density at radius 2 is 1.64 bits per heavy atom. The standard InChI is InChI=1S/C18H11N3S/c1-2-7-13(8-3-1)17-19-18-21(20-17)16-14-9-5-4-6-12(14)10-11-15(16)22-18/h1-11H.